The van der Waals surface area contributed by atoms with E-state index in [1.807, 2.05) is 66.9 Å². The Morgan fingerprint density at radius 3 is 2.24 bits per heavy atom. The lowest BCUT2D eigenvalue weighted by molar-refractivity contribution is -0.121. The number of rotatable bonds is 8. The molecule has 3 aromatic carbocycles. The smallest absolute Gasteiger partial charge is 0.260 e. The van der Waals surface area contributed by atoms with Crippen molar-refractivity contribution in [1.29, 1.82) is 0 Å². The Bertz CT molecular complexity index is 1390. The molecule has 0 saturated heterocycles. The van der Waals surface area contributed by atoms with E-state index in [1.54, 1.807) is 18.3 Å². The fourth-order valence-corrected chi connectivity index (χ4v) is 4.60. The van der Waals surface area contributed by atoms with E-state index in [0.717, 1.165) is 9.13 Å². The maximum Gasteiger partial charge on any atom is 0.260 e. The fraction of sp³-hybridized carbons (Fsp3) is 0.192. The molecule has 0 saturated carbocycles. The van der Waals surface area contributed by atoms with Gasteiger partial charge in [0.1, 0.15) is 6.54 Å². The van der Waals surface area contributed by atoms with Crippen molar-refractivity contribution in [2.24, 2.45) is 5.10 Å². The number of benzene rings is 3. The zero-order valence-electron chi connectivity index (χ0n) is 18.9. The molecule has 0 bridgehead atoms. The summed E-state index contributed by atoms with van der Waals surface area (Å²) in [6.07, 6.45) is 1.57. The number of nitrogens with one attached hydrogen (secondary N) is 1. The third-order valence-corrected chi connectivity index (χ3v) is 6.01. The van der Waals surface area contributed by atoms with Crippen LogP contribution in [0.4, 0.5) is 0 Å². The van der Waals surface area contributed by atoms with Crippen LogP contribution in [0.3, 0.4) is 0 Å². The van der Waals surface area contributed by atoms with E-state index in [2.05, 4.69) is 33.1 Å². The second kappa shape index (κ2) is 10.7. The van der Waals surface area contributed by atoms with Crippen molar-refractivity contribution in [1.82, 2.24) is 9.99 Å². The third kappa shape index (κ3) is 4.91. The lowest BCUT2D eigenvalue weighted by Gasteiger charge is -2.14. The maximum absolute atomic E-state index is 12.9. The van der Waals surface area contributed by atoms with Crippen LogP contribution >= 0.6 is 22.6 Å². The first kappa shape index (κ1) is 23.7. The van der Waals surface area contributed by atoms with E-state index >= 15 is 0 Å². The topological polar surface area (TPSA) is 81.9 Å². The van der Waals surface area contributed by atoms with Gasteiger partial charge in [-0.15, -0.1) is 0 Å². The standard InChI is InChI=1S/C26H24IN3O4/c1-3-33-23-14-17(13-20(27)26(23)34-4-2)15-28-29-24(31)16-30-21-11-7-5-9-18(21)25(32)19-10-6-8-12-22(19)30/h5-15H,3-4,16H2,1-2H3,(H,29,31)/b28-15-. The van der Waals surface area contributed by atoms with Crippen LogP contribution in [-0.4, -0.2) is 29.9 Å². The Hall–Kier alpha value is -3.40. The van der Waals surface area contributed by atoms with Crippen LogP contribution in [0.5, 0.6) is 11.5 Å². The molecule has 1 N–H and O–H groups in total. The van der Waals surface area contributed by atoms with Crippen molar-refractivity contribution in [3.05, 3.63) is 80.0 Å². The van der Waals surface area contributed by atoms with Crippen LogP contribution in [0.1, 0.15) is 19.4 Å². The minimum atomic E-state index is -0.305. The van der Waals surface area contributed by atoms with Gasteiger partial charge in [0, 0.05) is 10.8 Å². The van der Waals surface area contributed by atoms with Crippen LogP contribution < -0.4 is 20.3 Å². The molecule has 0 aliphatic rings. The molecule has 0 aliphatic carbocycles. The molecule has 1 aromatic heterocycles. The molecule has 8 heteroatoms. The molecule has 7 nitrogen and oxygen atoms in total. The highest BCUT2D eigenvalue weighted by molar-refractivity contribution is 14.1. The number of carbonyl (C=O) groups excluding carboxylic acids is 1. The summed E-state index contributed by atoms with van der Waals surface area (Å²) in [6.45, 7) is 4.89. The van der Waals surface area contributed by atoms with Gasteiger partial charge in [-0.3, -0.25) is 9.59 Å². The molecule has 1 amide bonds. The molecule has 1 heterocycles. The summed E-state index contributed by atoms with van der Waals surface area (Å²) in [7, 11) is 0. The van der Waals surface area contributed by atoms with Gasteiger partial charge in [-0.25, -0.2) is 5.43 Å². The summed E-state index contributed by atoms with van der Waals surface area (Å²) in [4.78, 5) is 25.6. The van der Waals surface area contributed by atoms with Crippen molar-refractivity contribution in [2.45, 2.75) is 20.4 Å². The van der Waals surface area contributed by atoms with E-state index < -0.39 is 0 Å². The van der Waals surface area contributed by atoms with Gasteiger partial charge in [-0.1, -0.05) is 24.3 Å². The predicted molar refractivity (Wildman–Crippen MR) is 143 cm³/mol. The Kier molecular flexibility index (Phi) is 7.46. The van der Waals surface area contributed by atoms with Crippen molar-refractivity contribution < 1.29 is 14.3 Å². The molecule has 0 fully saturated rings. The summed E-state index contributed by atoms with van der Waals surface area (Å²) in [6, 6.07) is 18.3. The predicted octanol–water partition coefficient (Wildman–Crippen LogP) is 4.71. The molecule has 0 atom stereocenters. The average Bonchev–Trinajstić information content (AvgIpc) is 2.84. The highest BCUT2D eigenvalue weighted by atomic mass is 127. The SMILES string of the molecule is CCOc1cc(/C=N\NC(=O)Cn2c3ccccc3c(=O)c3ccccc32)cc(I)c1OCC. The molecular formula is C26H24IN3O4. The fourth-order valence-electron chi connectivity index (χ4n) is 3.81. The zero-order valence-corrected chi connectivity index (χ0v) is 21.0. The normalized spacial score (nSPS) is 11.3. The zero-order chi connectivity index (χ0) is 24.1. The Morgan fingerprint density at radius 1 is 1.00 bits per heavy atom. The maximum atomic E-state index is 12.9. The van der Waals surface area contributed by atoms with E-state index in [1.165, 1.54) is 0 Å². The molecule has 0 unspecified atom stereocenters. The second-order valence-corrected chi connectivity index (χ2v) is 8.60. The number of hydrogen-bond acceptors (Lipinski definition) is 5. The summed E-state index contributed by atoms with van der Waals surface area (Å²) >= 11 is 2.19. The van der Waals surface area contributed by atoms with Crippen LogP contribution in [0.15, 0.2) is 70.6 Å². The Balaban J connectivity index is 1.58. The number of fused-ring (bicyclic) bond motifs is 2. The van der Waals surface area contributed by atoms with Crippen molar-refractivity contribution in [2.75, 3.05) is 13.2 Å². The molecular weight excluding hydrogens is 545 g/mol. The first-order valence-corrected chi connectivity index (χ1v) is 12.0. The monoisotopic (exact) mass is 569 g/mol. The summed E-state index contributed by atoms with van der Waals surface area (Å²) < 4.78 is 14.1. The molecule has 4 rings (SSSR count). The van der Waals surface area contributed by atoms with Crippen LogP contribution in [-0.2, 0) is 11.3 Å². The number of halogens is 1. The van der Waals surface area contributed by atoms with Gasteiger partial charge in [0.25, 0.3) is 5.91 Å². The summed E-state index contributed by atoms with van der Waals surface area (Å²) in [5.74, 6) is 1.03. The third-order valence-electron chi connectivity index (χ3n) is 5.20. The number of hydrazone groups is 1. The number of nitrogens with zero attached hydrogens (tertiary/aromatic N) is 2. The number of carbonyl (C=O) groups is 1. The second-order valence-electron chi connectivity index (χ2n) is 7.44. The van der Waals surface area contributed by atoms with E-state index in [9.17, 15) is 9.59 Å². The van der Waals surface area contributed by atoms with E-state index in [0.29, 0.717) is 46.5 Å². The average molecular weight is 569 g/mol. The highest BCUT2D eigenvalue weighted by Crippen LogP contribution is 2.33. The number of amides is 1. The number of hydrogen-bond donors (Lipinski definition) is 1. The summed E-state index contributed by atoms with van der Waals surface area (Å²) in [5, 5.41) is 5.28. The minimum absolute atomic E-state index is 0.0175. The van der Waals surface area contributed by atoms with Gasteiger partial charge in [0.05, 0.1) is 34.0 Å². The Labute approximate surface area is 210 Å². The lowest BCUT2D eigenvalue weighted by Crippen LogP contribution is -2.25. The lowest BCUT2D eigenvalue weighted by atomic mass is 10.1. The van der Waals surface area contributed by atoms with Gasteiger partial charge in [-0.05, 0) is 78.4 Å². The van der Waals surface area contributed by atoms with Crippen molar-refractivity contribution >= 4 is 56.5 Å². The van der Waals surface area contributed by atoms with Gasteiger partial charge in [0.2, 0.25) is 0 Å². The summed E-state index contributed by atoms with van der Waals surface area (Å²) in [5.41, 5.74) is 4.72. The first-order chi connectivity index (χ1) is 16.5. The molecule has 0 radical (unpaired) electrons. The molecule has 0 aliphatic heterocycles. The van der Waals surface area contributed by atoms with Gasteiger partial charge in [-0.2, -0.15) is 5.10 Å². The van der Waals surface area contributed by atoms with Gasteiger partial charge >= 0.3 is 0 Å². The highest BCUT2D eigenvalue weighted by Gasteiger charge is 2.13. The van der Waals surface area contributed by atoms with Crippen molar-refractivity contribution in [3.8, 4) is 11.5 Å². The number of aromatic nitrogens is 1. The van der Waals surface area contributed by atoms with Gasteiger partial charge < -0.3 is 14.0 Å². The Morgan fingerprint density at radius 2 is 1.62 bits per heavy atom. The first-order valence-electron chi connectivity index (χ1n) is 10.9. The number of ether oxygens (including phenoxy) is 2. The molecule has 34 heavy (non-hydrogen) atoms. The van der Waals surface area contributed by atoms with Gasteiger partial charge in [0.15, 0.2) is 16.9 Å². The minimum Gasteiger partial charge on any atom is -0.490 e. The van der Waals surface area contributed by atoms with E-state index in [4.69, 9.17) is 9.47 Å². The number of pyridine rings is 1. The largest absolute Gasteiger partial charge is 0.490 e. The van der Waals surface area contributed by atoms with Crippen LogP contribution in [0.2, 0.25) is 0 Å². The van der Waals surface area contributed by atoms with Crippen LogP contribution in [0, 0.1) is 3.57 Å². The van der Waals surface area contributed by atoms with Crippen LogP contribution in [0.25, 0.3) is 21.8 Å². The molecule has 4 aromatic rings. The van der Waals surface area contributed by atoms with E-state index in [-0.39, 0.29) is 17.9 Å². The quantitative estimate of drug-likeness (QED) is 0.144. The molecule has 0 spiro atoms. The van der Waals surface area contributed by atoms with Crippen molar-refractivity contribution in [3.63, 3.8) is 0 Å². The molecule has 174 valence electrons. The number of para-hydroxylation sites is 2.